The predicted molar refractivity (Wildman–Crippen MR) is 85.5 cm³/mol. The minimum absolute atomic E-state index is 0.0772. The van der Waals surface area contributed by atoms with Crippen molar-refractivity contribution in [3.8, 4) is 17.6 Å². The van der Waals surface area contributed by atoms with E-state index in [1.165, 1.54) is 12.8 Å². The van der Waals surface area contributed by atoms with Gasteiger partial charge in [0.15, 0.2) is 11.5 Å². The van der Waals surface area contributed by atoms with Gasteiger partial charge in [0.05, 0.1) is 12.0 Å². The van der Waals surface area contributed by atoms with Crippen LogP contribution in [0.1, 0.15) is 43.6 Å². The van der Waals surface area contributed by atoms with Crippen LogP contribution in [0.25, 0.3) is 0 Å². The van der Waals surface area contributed by atoms with Crippen LogP contribution < -0.4 is 9.47 Å². The quantitative estimate of drug-likeness (QED) is 0.860. The minimum atomic E-state index is -0.443. The van der Waals surface area contributed by atoms with Crippen LogP contribution in [0.3, 0.4) is 0 Å². The Hall–Kier alpha value is -2.22. The van der Waals surface area contributed by atoms with E-state index in [1.807, 2.05) is 23.1 Å². The summed E-state index contributed by atoms with van der Waals surface area (Å²) < 4.78 is 11.1. The number of amides is 1. The highest BCUT2D eigenvalue weighted by Crippen LogP contribution is 2.34. The van der Waals surface area contributed by atoms with Crippen LogP contribution in [0.4, 0.5) is 0 Å². The standard InChI is InChI=1S/C18H22N2O3/c19-13-15(12-18(21)20-7-3-1-2-4-8-20)14-5-6-16-17(11-14)23-10-9-22-16/h5-6,11,15H,1-4,7-10,12H2. The second-order valence-electron chi connectivity index (χ2n) is 6.08. The molecule has 5 nitrogen and oxygen atoms in total. The molecular formula is C18H22N2O3. The lowest BCUT2D eigenvalue weighted by molar-refractivity contribution is -0.131. The molecule has 2 aliphatic rings. The molecule has 2 heterocycles. The zero-order valence-electron chi connectivity index (χ0n) is 13.3. The van der Waals surface area contributed by atoms with Crippen LogP contribution in [0.5, 0.6) is 11.5 Å². The number of carbonyl (C=O) groups is 1. The summed E-state index contributed by atoms with van der Waals surface area (Å²) in [5.74, 6) is 1.00. The third kappa shape index (κ3) is 3.76. The van der Waals surface area contributed by atoms with Crippen LogP contribution in [-0.4, -0.2) is 37.1 Å². The molecule has 0 bridgehead atoms. The van der Waals surface area contributed by atoms with Gasteiger partial charge < -0.3 is 14.4 Å². The van der Waals surface area contributed by atoms with Gasteiger partial charge >= 0.3 is 0 Å². The van der Waals surface area contributed by atoms with Gasteiger partial charge in [-0.15, -0.1) is 0 Å². The molecule has 1 fully saturated rings. The molecule has 0 aromatic heterocycles. The summed E-state index contributed by atoms with van der Waals surface area (Å²) in [6.07, 6.45) is 4.73. The van der Waals surface area contributed by atoms with Gasteiger partial charge in [-0.3, -0.25) is 4.79 Å². The van der Waals surface area contributed by atoms with Gasteiger partial charge in [0.1, 0.15) is 13.2 Å². The van der Waals surface area contributed by atoms with E-state index in [1.54, 1.807) is 0 Å². The van der Waals surface area contributed by atoms with Crippen LogP contribution in [0.15, 0.2) is 18.2 Å². The topological polar surface area (TPSA) is 62.6 Å². The molecule has 1 aromatic carbocycles. The van der Waals surface area contributed by atoms with Gasteiger partial charge in [0.2, 0.25) is 5.91 Å². The van der Waals surface area contributed by atoms with E-state index < -0.39 is 5.92 Å². The van der Waals surface area contributed by atoms with Crippen molar-refractivity contribution < 1.29 is 14.3 Å². The van der Waals surface area contributed by atoms with E-state index in [-0.39, 0.29) is 12.3 Å². The number of rotatable bonds is 3. The summed E-state index contributed by atoms with van der Waals surface area (Å²) in [5.41, 5.74) is 0.819. The van der Waals surface area contributed by atoms with Crippen LogP contribution >= 0.6 is 0 Å². The maximum absolute atomic E-state index is 12.5. The molecule has 0 N–H and O–H groups in total. The fourth-order valence-electron chi connectivity index (χ4n) is 3.14. The maximum Gasteiger partial charge on any atom is 0.224 e. The van der Waals surface area contributed by atoms with Gasteiger partial charge in [-0.25, -0.2) is 0 Å². The number of nitriles is 1. The third-order valence-corrected chi connectivity index (χ3v) is 4.46. The molecule has 3 rings (SSSR count). The Balaban J connectivity index is 1.69. The van der Waals surface area contributed by atoms with Gasteiger partial charge in [-0.2, -0.15) is 5.26 Å². The molecule has 1 atom stereocenters. The lowest BCUT2D eigenvalue weighted by Crippen LogP contribution is -2.32. The van der Waals surface area contributed by atoms with Gasteiger partial charge in [-0.1, -0.05) is 18.9 Å². The predicted octanol–water partition coefficient (Wildman–Crippen LogP) is 2.86. The Kier molecular flexibility index (Phi) is 5.02. The summed E-state index contributed by atoms with van der Waals surface area (Å²) in [6, 6.07) is 7.78. The molecular weight excluding hydrogens is 292 g/mol. The van der Waals surface area contributed by atoms with Gasteiger partial charge in [0.25, 0.3) is 0 Å². The molecule has 122 valence electrons. The zero-order chi connectivity index (χ0) is 16.1. The van der Waals surface area contributed by atoms with Crippen molar-refractivity contribution in [2.24, 2.45) is 0 Å². The molecule has 1 saturated heterocycles. The van der Waals surface area contributed by atoms with Crippen LogP contribution in [0.2, 0.25) is 0 Å². The zero-order valence-corrected chi connectivity index (χ0v) is 13.3. The number of fused-ring (bicyclic) bond motifs is 1. The van der Waals surface area contributed by atoms with Crippen molar-refractivity contribution in [1.82, 2.24) is 4.90 Å². The van der Waals surface area contributed by atoms with Crippen molar-refractivity contribution in [2.45, 2.75) is 38.0 Å². The summed E-state index contributed by atoms with van der Waals surface area (Å²) in [7, 11) is 0. The van der Waals surface area contributed by atoms with E-state index in [4.69, 9.17) is 9.47 Å². The van der Waals surface area contributed by atoms with E-state index in [2.05, 4.69) is 6.07 Å². The highest BCUT2D eigenvalue weighted by Gasteiger charge is 2.23. The molecule has 5 heteroatoms. The second-order valence-corrected chi connectivity index (χ2v) is 6.08. The van der Waals surface area contributed by atoms with E-state index in [9.17, 15) is 10.1 Å². The van der Waals surface area contributed by atoms with E-state index in [0.717, 1.165) is 31.5 Å². The number of hydrogen-bond acceptors (Lipinski definition) is 4. The molecule has 0 radical (unpaired) electrons. The first-order valence-electron chi connectivity index (χ1n) is 8.35. The lowest BCUT2D eigenvalue weighted by Gasteiger charge is -2.23. The monoisotopic (exact) mass is 314 g/mol. The number of nitrogens with zero attached hydrogens (tertiary/aromatic N) is 2. The molecule has 0 aliphatic carbocycles. The maximum atomic E-state index is 12.5. The highest BCUT2D eigenvalue weighted by atomic mass is 16.6. The summed E-state index contributed by atoms with van der Waals surface area (Å²) >= 11 is 0. The second kappa shape index (κ2) is 7.36. The number of ether oxygens (including phenoxy) is 2. The first kappa shape index (κ1) is 15.7. The lowest BCUT2D eigenvalue weighted by atomic mass is 9.96. The SMILES string of the molecule is N#CC(CC(=O)N1CCCCCC1)c1ccc2c(c1)OCCO2. The molecule has 0 spiro atoms. The van der Waals surface area contributed by atoms with Crippen molar-refractivity contribution in [2.75, 3.05) is 26.3 Å². The first-order chi connectivity index (χ1) is 11.3. The Morgan fingerprint density at radius 1 is 1.13 bits per heavy atom. The number of likely N-dealkylation sites (tertiary alicyclic amines) is 1. The molecule has 1 amide bonds. The average molecular weight is 314 g/mol. The molecule has 0 saturated carbocycles. The Bertz CT molecular complexity index is 601. The van der Waals surface area contributed by atoms with Crippen molar-refractivity contribution >= 4 is 5.91 Å². The number of carbonyl (C=O) groups excluding carboxylic acids is 1. The minimum Gasteiger partial charge on any atom is -0.486 e. The Labute approximate surface area is 136 Å². The van der Waals surface area contributed by atoms with E-state index >= 15 is 0 Å². The largest absolute Gasteiger partial charge is 0.486 e. The molecule has 2 aliphatic heterocycles. The number of benzene rings is 1. The molecule has 1 unspecified atom stereocenters. The highest BCUT2D eigenvalue weighted by molar-refractivity contribution is 5.77. The van der Waals surface area contributed by atoms with Crippen LogP contribution in [-0.2, 0) is 4.79 Å². The fourth-order valence-corrected chi connectivity index (χ4v) is 3.14. The summed E-state index contributed by atoms with van der Waals surface area (Å²) in [4.78, 5) is 14.4. The van der Waals surface area contributed by atoms with Crippen molar-refractivity contribution in [3.05, 3.63) is 23.8 Å². The first-order valence-corrected chi connectivity index (χ1v) is 8.35. The Morgan fingerprint density at radius 3 is 2.52 bits per heavy atom. The fraction of sp³-hybridized carbons (Fsp3) is 0.556. The number of hydrogen-bond donors (Lipinski definition) is 0. The Morgan fingerprint density at radius 2 is 1.83 bits per heavy atom. The van der Waals surface area contributed by atoms with Gasteiger partial charge in [-0.05, 0) is 30.5 Å². The van der Waals surface area contributed by atoms with Crippen molar-refractivity contribution in [1.29, 1.82) is 5.26 Å². The molecule has 1 aromatic rings. The van der Waals surface area contributed by atoms with Crippen LogP contribution in [0, 0.1) is 11.3 Å². The average Bonchev–Trinajstić information content (AvgIpc) is 2.88. The normalized spacial score (nSPS) is 18.7. The molecule has 23 heavy (non-hydrogen) atoms. The smallest absolute Gasteiger partial charge is 0.224 e. The summed E-state index contributed by atoms with van der Waals surface area (Å²) in [5, 5.41) is 9.49. The van der Waals surface area contributed by atoms with Gasteiger partial charge in [0, 0.05) is 19.5 Å². The van der Waals surface area contributed by atoms with E-state index in [0.29, 0.717) is 24.7 Å². The third-order valence-electron chi connectivity index (χ3n) is 4.46. The van der Waals surface area contributed by atoms with Crippen molar-refractivity contribution in [3.63, 3.8) is 0 Å². The summed E-state index contributed by atoms with van der Waals surface area (Å²) in [6.45, 7) is 2.69.